The highest BCUT2D eigenvalue weighted by Gasteiger charge is 2.69. The van der Waals surface area contributed by atoms with Gasteiger partial charge in [0.25, 0.3) is 0 Å². The largest absolute Gasteiger partial charge is 0.374 e. The van der Waals surface area contributed by atoms with Gasteiger partial charge in [-0.15, -0.1) is 0 Å². The maximum atomic E-state index is 6.23. The van der Waals surface area contributed by atoms with Crippen LogP contribution >= 0.6 is 0 Å². The van der Waals surface area contributed by atoms with Gasteiger partial charge in [0.05, 0.1) is 24.4 Å². The average molecular weight is 210 g/mol. The van der Waals surface area contributed by atoms with Crippen molar-refractivity contribution in [3.05, 3.63) is 0 Å². The van der Waals surface area contributed by atoms with Crippen LogP contribution in [0.5, 0.6) is 0 Å². The second-order valence-corrected chi connectivity index (χ2v) is 6.11. The fourth-order valence-corrected chi connectivity index (χ4v) is 4.49. The first-order chi connectivity index (χ1) is 6.98. The molecule has 3 saturated heterocycles. The molecule has 0 aromatic carbocycles. The van der Waals surface area contributed by atoms with Crippen molar-refractivity contribution in [3.8, 4) is 0 Å². The number of rotatable bonds is 0. The van der Waals surface area contributed by atoms with Gasteiger partial charge in [-0.1, -0.05) is 20.8 Å². The van der Waals surface area contributed by atoms with E-state index in [1.807, 2.05) is 0 Å². The van der Waals surface area contributed by atoms with Crippen molar-refractivity contribution in [1.82, 2.24) is 0 Å². The van der Waals surface area contributed by atoms with Gasteiger partial charge in [-0.2, -0.15) is 0 Å². The predicted molar refractivity (Wildman–Crippen MR) is 58.6 cm³/mol. The Kier molecular flexibility index (Phi) is 1.87. The normalized spacial score (nSPS) is 67.4. The summed E-state index contributed by atoms with van der Waals surface area (Å²) in [6.45, 7) is 11.5. The molecule has 8 atom stereocenters. The fourth-order valence-electron chi connectivity index (χ4n) is 4.49. The predicted octanol–water partition coefficient (Wildman–Crippen LogP) is 2.47. The average Bonchev–Trinajstić information content (AvgIpc) is 2.69. The molecule has 15 heavy (non-hydrogen) atoms. The second-order valence-electron chi connectivity index (χ2n) is 6.11. The molecule has 0 amide bonds. The lowest BCUT2D eigenvalue weighted by Crippen LogP contribution is -2.48. The molecule has 3 heterocycles. The monoisotopic (exact) mass is 210 g/mol. The van der Waals surface area contributed by atoms with Gasteiger partial charge in [0.15, 0.2) is 0 Å². The molecule has 0 radical (unpaired) electrons. The van der Waals surface area contributed by atoms with Crippen LogP contribution in [0.3, 0.4) is 0 Å². The van der Waals surface area contributed by atoms with E-state index in [1.54, 1.807) is 0 Å². The summed E-state index contributed by atoms with van der Waals surface area (Å²) in [6.07, 6.45) is 1.58. The third kappa shape index (κ3) is 0.938. The number of fused-ring (bicyclic) bond motifs is 5. The summed E-state index contributed by atoms with van der Waals surface area (Å²) in [4.78, 5) is 0. The van der Waals surface area contributed by atoms with Crippen LogP contribution in [0.25, 0.3) is 0 Å². The highest BCUT2D eigenvalue weighted by Crippen LogP contribution is 2.62. The van der Waals surface area contributed by atoms with Gasteiger partial charge in [-0.25, -0.2) is 0 Å². The van der Waals surface area contributed by atoms with E-state index in [-0.39, 0.29) is 5.41 Å². The summed E-state index contributed by atoms with van der Waals surface area (Å²) in [7, 11) is 0. The van der Waals surface area contributed by atoms with E-state index in [0.29, 0.717) is 42.2 Å². The van der Waals surface area contributed by atoms with Gasteiger partial charge < -0.3 is 9.47 Å². The van der Waals surface area contributed by atoms with Crippen LogP contribution in [-0.2, 0) is 9.47 Å². The van der Waals surface area contributed by atoms with Crippen molar-refractivity contribution in [2.24, 2.45) is 23.2 Å². The Balaban J connectivity index is 2.03. The van der Waals surface area contributed by atoms with Crippen molar-refractivity contribution in [2.45, 2.75) is 59.0 Å². The highest BCUT2D eigenvalue weighted by atomic mass is 16.5. The van der Waals surface area contributed by atoms with Gasteiger partial charge in [0.2, 0.25) is 0 Å². The molecule has 3 aliphatic heterocycles. The van der Waals surface area contributed by atoms with Crippen molar-refractivity contribution in [2.75, 3.05) is 0 Å². The SMILES string of the molecule is CC1OC(C)C2(C)C3OC(C(C)C3C)C12. The molecule has 0 saturated carbocycles. The Bertz CT molecular complexity index is 290. The van der Waals surface area contributed by atoms with Crippen LogP contribution in [0.4, 0.5) is 0 Å². The molecule has 2 bridgehead atoms. The summed E-state index contributed by atoms with van der Waals surface area (Å²) >= 11 is 0. The van der Waals surface area contributed by atoms with E-state index >= 15 is 0 Å². The summed E-state index contributed by atoms with van der Waals surface area (Å²) in [5, 5.41) is 0. The topological polar surface area (TPSA) is 18.5 Å². The Morgan fingerprint density at radius 3 is 2.27 bits per heavy atom. The minimum atomic E-state index is 0.260. The lowest BCUT2D eigenvalue weighted by molar-refractivity contribution is -0.0395. The zero-order chi connectivity index (χ0) is 11.0. The Labute approximate surface area is 92.3 Å². The van der Waals surface area contributed by atoms with E-state index < -0.39 is 0 Å². The Morgan fingerprint density at radius 2 is 1.60 bits per heavy atom. The summed E-state index contributed by atoms with van der Waals surface area (Å²) in [6, 6.07) is 0. The number of hydrogen-bond acceptors (Lipinski definition) is 2. The summed E-state index contributed by atoms with van der Waals surface area (Å²) in [5.41, 5.74) is 0.260. The molecule has 3 fully saturated rings. The van der Waals surface area contributed by atoms with Gasteiger partial charge in [-0.05, 0) is 25.7 Å². The molecule has 86 valence electrons. The number of hydrogen-bond donors (Lipinski definition) is 0. The van der Waals surface area contributed by atoms with E-state index in [0.717, 1.165) is 0 Å². The van der Waals surface area contributed by atoms with Crippen LogP contribution in [0, 0.1) is 23.2 Å². The van der Waals surface area contributed by atoms with Crippen molar-refractivity contribution in [3.63, 3.8) is 0 Å². The van der Waals surface area contributed by atoms with Gasteiger partial charge in [0.1, 0.15) is 0 Å². The lowest BCUT2D eigenvalue weighted by Gasteiger charge is -2.40. The number of ether oxygens (including phenoxy) is 2. The quantitative estimate of drug-likeness (QED) is 0.611. The third-order valence-electron chi connectivity index (χ3n) is 5.61. The zero-order valence-corrected chi connectivity index (χ0v) is 10.4. The molecular formula is C13H22O2. The van der Waals surface area contributed by atoms with E-state index in [1.165, 1.54) is 0 Å². The molecule has 0 aromatic rings. The summed E-state index contributed by atoms with van der Waals surface area (Å²) in [5.74, 6) is 2.00. The first-order valence-electron chi connectivity index (χ1n) is 6.28. The lowest BCUT2D eigenvalue weighted by atomic mass is 9.59. The molecule has 2 heteroatoms. The standard InChI is InChI=1S/C13H22O2/c1-6-7(2)12-13(5)9(4)14-8(3)10(13)11(6)15-12/h6-12H,1-5H3. The molecule has 3 rings (SSSR count). The molecule has 0 aromatic heterocycles. The molecule has 0 aliphatic carbocycles. The first-order valence-corrected chi connectivity index (χ1v) is 6.28. The minimum absolute atomic E-state index is 0.260. The van der Waals surface area contributed by atoms with E-state index in [2.05, 4.69) is 34.6 Å². The van der Waals surface area contributed by atoms with Crippen LogP contribution in [-0.4, -0.2) is 24.4 Å². The van der Waals surface area contributed by atoms with Crippen molar-refractivity contribution < 1.29 is 9.47 Å². The molecule has 3 aliphatic rings. The molecule has 0 N–H and O–H groups in total. The maximum absolute atomic E-state index is 6.23. The molecule has 8 unspecified atom stereocenters. The zero-order valence-electron chi connectivity index (χ0n) is 10.4. The Morgan fingerprint density at radius 1 is 0.933 bits per heavy atom. The van der Waals surface area contributed by atoms with Crippen LogP contribution in [0.1, 0.15) is 34.6 Å². The van der Waals surface area contributed by atoms with Crippen molar-refractivity contribution >= 4 is 0 Å². The fraction of sp³-hybridized carbons (Fsp3) is 1.00. The van der Waals surface area contributed by atoms with Gasteiger partial charge in [-0.3, -0.25) is 0 Å². The van der Waals surface area contributed by atoms with E-state index in [4.69, 9.17) is 9.47 Å². The molecule has 0 spiro atoms. The van der Waals surface area contributed by atoms with Gasteiger partial charge in [0, 0.05) is 11.3 Å². The Hall–Kier alpha value is -0.0800. The van der Waals surface area contributed by atoms with Gasteiger partial charge >= 0.3 is 0 Å². The van der Waals surface area contributed by atoms with Crippen LogP contribution in [0.15, 0.2) is 0 Å². The van der Waals surface area contributed by atoms with E-state index in [9.17, 15) is 0 Å². The van der Waals surface area contributed by atoms with Crippen LogP contribution in [0.2, 0.25) is 0 Å². The maximum Gasteiger partial charge on any atom is 0.0691 e. The van der Waals surface area contributed by atoms with Crippen molar-refractivity contribution in [1.29, 1.82) is 0 Å². The first kappa shape index (κ1) is 10.1. The second kappa shape index (κ2) is 2.78. The minimum Gasteiger partial charge on any atom is -0.374 e. The molecule has 2 nitrogen and oxygen atoms in total. The summed E-state index contributed by atoms with van der Waals surface area (Å²) < 4.78 is 12.3. The van der Waals surface area contributed by atoms with Crippen LogP contribution < -0.4 is 0 Å². The smallest absolute Gasteiger partial charge is 0.0691 e. The third-order valence-corrected chi connectivity index (χ3v) is 5.61. The highest BCUT2D eigenvalue weighted by molar-refractivity contribution is 5.15. The molecular weight excluding hydrogens is 188 g/mol.